The fourth-order valence-electron chi connectivity index (χ4n) is 7.06. The van der Waals surface area contributed by atoms with Crippen LogP contribution in [0.4, 0.5) is 0 Å². The number of rotatable bonds is 6. The average molecular weight is 603 g/mol. The lowest BCUT2D eigenvalue weighted by atomic mass is 9.46. The molecule has 1 saturated carbocycles. The summed E-state index contributed by atoms with van der Waals surface area (Å²) in [7, 11) is 0. The molecule has 5 atom stereocenters. The number of nitrogens with zero attached hydrogens (tertiary/aromatic N) is 1. The van der Waals surface area contributed by atoms with E-state index in [-0.39, 0.29) is 12.2 Å². The average Bonchev–Trinajstić information content (AvgIpc) is 3.07. The molecule has 1 aliphatic rings. The van der Waals surface area contributed by atoms with Gasteiger partial charge in [-0.3, -0.25) is 4.79 Å². The van der Waals surface area contributed by atoms with Gasteiger partial charge in [-0.05, 0) is 40.8 Å². The Bertz CT molecular complexity index is 1770. The summed E-state index contributed by atoms with van der Waals surface area (Å²) >= 11 is 13.0. The van der Waals surface area contributed by atoms with Crippen LogP contribution in [0.2, 0.25) is 10.0 Å². The van der Waals surface area contributed by atoms with E-state index < -0.39 is 28.8 Å². The SMILES string of the molecule is N#C[C@@]1(c2ccc(Cl)c(Cl)c2)[C@@H](c2ccccc2)C[C@@](O)(c2ccccc2)[C@H](C(=O)c2ccccc2)[C@H]1c1ccccc1. The van der Waals surface area contributed by atoms with Gasteiger partial charge < -0.3 is 5.11 Å². The third-order valence-corrected chi connectivity index (χ3v) is 9.70. The van der Waals surface area contributed by atoms with Crippen LogP contribution in [-0.2, 0) is 11.0 Å². The Morgan fingerprint density at radius 3 is 1.79 bits per heavy atom. The summed E-state index contributed by atoms with van der Waals surface area (Å²) in [6.07, 6.45) is 0.126. The van der Waals surface area contributed by atoms with Crippen LogP contribution in [0.5, 0.6) is 0 Å². The molecule has 0 saturated heterocycles. The van der Waals surface area contributed by atoms with Crippen LogP contribution in [0.3, 0.4) is 0 Å². The van der Waals surface area contributed by atoms with Crippen molar-refractivity contribution in [3.05, 3.63) is 177 Å². The van der Waals surface area contributed by atoms with Gasteiger partial charge in [0.25, 0.3) is 0 Å². The van der Waals surface area contributed by atoms with Gasteiger partial charge in [-0.25, -0.2) is 0 Å². The molecule has 6 rings (SSSR count). The Morgan fingerprint density at radius 2 is 1.23 bits per heavy atom. The first kappa shape index (κ1) is 28.9. The maximum absolute atomic E-state index is 14.9. The van der Waals surface area contributed by atoms with Crippen LogP contribution < -0.4 is 0 Å². The largest absolute Gasteiger partial charge is 0.384 e. The molecule has 1 fully saturated rings. The minimum atomic E-state index is -1.62. The Morgan fingerprint density at radius 1 is 0.698 bits per heavy atom. The van der Waals surface area contributed by atoms with E-state index in [0.717, 1.165) is 11.1 Å². The molecule has 0 aliphatic heterocycles. The number of nitriles is 1. The smallest absolute Gasteiger partial charge is 0.169 e. The number of carbonyl (C=O) groups is 1. The van der Waals surface area contributed by atoms with Gasteiger partial charge in [0.1, 0.15) is 5.60 Å². The molecular formula is C38H29Cl2NO2. The maximum atomic E-state index is 14.9. The number of ketones is 1. The number of hydrogen-bond acceptors (Lipinski definition) is 3. The van der Waals surface area contributed by atoms with Gasteiger partial charge in [-0.15, -0.1) is 0 Å². The summed E-state index contributed by atoms with van der Waals surface area (Å²) in [4.78, 5) is 14.9. The van der Waals surface area contributed by atoms with Crippen LogP contribution in [0, 0.1) is 17.2 Å². The lowest BCUT2D eigenvalue weighted by Gasteiger charge is -2.56. The summed E-state index contributed by atoms with van der Waals surface area (Å²) < 4.78 is 0. The molecule has 5 aromatic carbocycles. The monoisotopic (exact) mass is 601 g/mol. The first-order chi connectivity index (χ1) is 20.9. The number of hydrogen-bond donors (Lipinski definition) is 1. The van der Waals surface area contributed by atoms with Gasteiger partial charge in [0, 0.05) is 17.4 Å². The number of benzene rings is 5. The zero-order valence-corrected chi connectivity index (χ0v) is 24.8. The predicted molar refractivity (Wildman–Crippen MR) is 171 cm³/mol. The van der Waals surface area contributed by atoms with E-state index in [2.05, 4.69) is 6.07 Å². The van der Waals surface area contributed by atoms with E-state index in [9.17, 15) is 15.2 Å². The predicted octanol–water partition coefficient (Wildman–Crippen LogP) is 9.11. The number of halogens is 2. The topological polar surface area (TPSA) is 61.1 Å². The second kappa shape index (κ2) is 11.8. The molecular weight excluding hydrogens is 573 g/mol. The van der Waals surface area contributed by atoms with Crippen molar-refractivity contribution in [2.24, 2.45) is 5.92 Å². The third-order valence-electron chi connectivity index (χ3n) is 8.96. The highest BCUT2D eigenvalue weighted by Gasteiger charge is 2.64. The van der Waals surface area contributed by atoms with Crippen molar-refractivity contribution >= 4 is 29.0 Å². The van der Waals surface area contributed by atoms with Crippen LogP contribution in [-0.4, -0.2) is 10.9 Å². The van der Waals surface area contributed by atoms with E-state index in [1.54, 1.807) is 24.3 Å². The Kier molecular flexibility index (Phi) is 7.95. The van der Waals surface area contributed by atoms with Crippen molar-refractivity contribution in [3.8, 4) is 6.07 Å². The molecule has 5 aromatic rings. The molecule has 1 N–H and O–H groups in total. The molecule has 0 spiro atoms. The molecule has 0 radical (unpaired) electrons. The van der Waals surface area contributed by atoms with Gasteiger partial charge in [0.15, 0.2) is 5.78 Å². The molecule has 0 heterocycles. The van der Waals surface area contributed by atoms with Crippen LogP contribution in [0.25, 0.3) is 0 Å². The van der Waals surface area contributed by atoms with Gasteiger partial charge in [-0.1, -0.05) is 151 Å². The molecule has 0 unspecified atom stereocenters. The third kappa shape index (κ3) is 4.96. The summed E-state index contributed by atoms with van der Waals surface area (Å²) in [5.41, 5.74) is 0.482. The van der Waals surface area contributed by atoms with Crippen molar-refractivity contribution in [1.82, 2.24) is 0 Å². The van der Waals surface area contributed by atoms with Crippen LogP contribution >= 0.6 is 23.2 Å². The van der Waals surface area contributed by atoms with E-state index in [1.165, 1.54) is 0 Å². The standard InChI is InChI=1S/C38H29Cl2NO2/c39-32-22-21-30(23-33(32)40)37(25-41)31(26-13-5-1-6-14-26)24-38(43,29-19-11-4-12-20-29)35(34(37)27-15-7-2-8-16-27)36(42)28-17-9-3-10-18-28/h1-23,31,34-35,43H,24H2/t31-,34-,35+,37-,38-/m1/s1. The van der Waals surface area contributed by atoms with Gasteiger partial charge in [0.2, 0.25) is 0 Å². The van der Waals surface area contributed by atoms with E-state index in [4.69, 9.17) is 23.2 Å². The Hall–Kier alpha value is -4.20. The number of Topliss-reactive ketones (excluding diaryl/α,β-unsaturated/α-hetero) is 1. The summed E-state index contributed by atoms with van der Waals surface area (Å²) in [6, 6.07) is 45.8. The van der Waals surface area contributed by atoms with Crippen molar-refractivity contribution < 1.29 is 9.90 Å². The highest BCUT2D eigenvalue weighted by Crippen LogP contribution is 2.64. The summed E-state index contributed by atoms with van der Waals surface area (Å²) in [6.45, 7) is 0. The minimum Gasteiger partial charge on any atom is -0.384 e. The van der Waals surface area contributed by atoms with E-state index in [1.807, 2.05) is 115 Å². The number of carbonyl (C=O) groups excluding carboxylic acids is 1. The fourth-order valence-corrected chi connectivity index (χ4v) is 7.36. The normalized spacial score (nSPS) is 25.0. The Balaban J connectivity index is 1.74. The Labute approximate surface area is 262 Å². The molecule has 0 aromatic heterocycles. The van der Waals surface area contributed by atoms with Crippen LogP contribution in [0.15, 0.2) is 140 Å². The van der Waals surface area contributed by atoms with Crippen LogP contribution in [0.1, 0.15) is 50.9 Å². The van der Waals surface area contributed by atoms with Gasteiger partial charge in [0.05, 0.1) is 27.4 Å². The number of aliphatic hydroxyl groups is 1. The first-order valence-electron chi connectivity index (χ1n) is 14.2. The van der Waals surface area contributed by atoms with Crippen molar-refractivity contribution in [2.75, 3.05) is 0 Å². The quantitative estimate of drug-likeness (QED) is 0.197. The molecule has 0 amide bonds. The minimum absolute atomic E-state index is 0.126. The highest BCUT2D eigenvalue weighted by molar-refractivity contribution is 6.42. The molecule has 1 aliphatic carbocycles. The molecule has 0 bridgehead atoms. The fraction of sp³-hybridized carbons (Fsp3) is 0.158. The van der Waals surface area contributed by atoms with Gasteiger partial charge in [-0.2, -0.15) is 5.26 Å². The molecule has 43 heavy (non-hydrogen) atoms. The first-order valence-corrected chi connectivity index (χ1v) is 15.0. The van der Waals surface area contributed by atoms with E-state index >= 15 is 0 Å². The molecule has 5 heteroatoms. The second-order valence-electron chi connectivity index (χ2n) is 11.2. The zero-order chi connectivity index (χ0) is 30.0. The zero-order valence-electron chi connectivity index (χ0n) is 23.3. The highest BCUT2D eigenvalue weighted by atomic mass is 35.5. The van der Waals surface area contributed by atoms with Crippen molar-refractivity contribution in [2.45, 2.75) is 29.3 Å². The second-order valence-corrected chi connectivity index (χ2v) is 12.0. The van der Waals surface area contributed by atoms with Crippen molar-refractivity contribution in [3.63, 3.8) is 0 Å². The lowest BCUT2D eigenvalue weighted by Crippen LogP contribution is -2.58. The van der Waals surface area contributed by atoms with Gasteiger partial charge >= 0.3 is 0 Å². The molecule has 212 valence electrons. The lowest BCUT2D eigenvalue weighted by molar-refractivity contribution is -0.0738. The van der Waals surface area contributed by atoms with Crippen molar-refractivity contribution in [1.29, 1.82) is 5.26 Å². The summed E-state index contributed by atoms with van der Waals surface area (Å²) in [5, 5.41) is 25.3. The van der Waals surface area contributed by atoms with E-state index in [0.29, 0.717) is 26.7 Å². The molecule has 3 nitrogen and oxygen atoms in total. The summed E-state index contributed by atoms with van der Waals surface area (Å²) in [5.74, 6) is -2.54. The maximum Gasteiger partial charge on any atom is 0.169 e.